The molecule has 0 aliphatic rings. The van der Waals surface area contributed by atoms with E-state index in [1.807, 2.05) is 18.2 Å². The number of halogens is 2. The highest BCUT2D eigenvalue weighted by Gasteiger charge is 2.02. The lowest BCUT2D eigenvalue weighted by Crippen LogP contribution is -2.00. The number of hydrogen-bond acceptors (Lipinski definition) is 2. The number of hydrogen-bond donors (Lipinski definition) is 1. The van der Waals surface area contributed by atoms with E-state index in [1.165, 1.54) is 0 Å². The number of rotatable bonds is 2. The quantitative estimate of drug-likeness (QED) is 0.922. The van der Waals surface area contributed by atoms with Crippen LogP contribution >= 0.6 is 27.5 Å². The predicted octanol–water partition coefficient (Wildman–Crippen LogP) is 2.75. The van der Waals surface area contributed by atoms with E-state index in [4.69, 9.17) is 17.3 Å². The molecule has 0 aliphatic heterocycles. The average molecular weight is 287 g/mol. The van der Waals surface area contributed by atoms with Gasteiger partial charge in [-0.2, -0.15) is 5.10 Å². The largest absolute Gasteiger partial charge is 0.326 e. The van der Waals surface area contributed by atoms with E-state index in [9.17, 15) is 0 Å². The molecule has 0 saturated heterocycles. The first-order valence-corrected chi connectivity index (χ1v) is 5.56. The molecule has 1 heterocycles. The lowest BCUT2D eigenvalue weighted by Gasteiger charge is -2.05. The van der Waals surface area contributed by atoms with Crippen molar-refractivity contribution in [2.45, 2.75) is 6.54 Å². The molecule has 0 atom stereocenters. The first-order chi connectivity index (χ1) is 7.19. The van der Waals surface area contributed by atoms with Gasteiger partial charge in [0.2, 0.25) is 0 Å². The Morgan fingerprint density at radius 3 is 2.80 bits per heavy atom. The van der Waals surface area contributed by atoms with Gasteiger partial charge in [0, 0.05) is 17.2 Å². The van der Waals surface area contributed by atoms with E-state index in [-0.39, 0.29) is 0 Å². The van der Waals surface area contributed by atoms with Crippen molar-refractivity contribution in [1.29, 1.82) is 0 Å². The van der Waals surface area contributed by atoms with Gasteiger partial charge in [-0.05, 0) is 23.8 Å². The third kappa shape index (κ3) is 2.40. The van der Waals surface area contributed by atoms with Crippen LogP contribution in [-0.4, -0.2) is 9.78 Å². The molecular weight excluding hydrogens is 277 g/mol. The first kappa shape index (κ1) is 10.7. The Labute approximate surface area is 101 Å². The van der Waals surface area contributed by atoms with Crippen LogP contribution in [0, 0.1) is 0 Å². The molecule has 5 heteroatoms. The molecule has 15 heavy (non-hydrogen) atoms. The van der Waals surface area contributed by atoms with Crippen LogP contribution in [0.1, 0.15) is 5.56 Å². The maximum absolute atomic E-state index is 5.80. The van der Waals surface area contributed by atoms with Crippen LogP contribution in [0.25, 0.3) is 5.69 Å². The Kier molecular flexibility index (Phi) is 3.09. The van der Waals surface area contributed by atoms with E-state index in [2.05, 4.69) is 21.0 Å². The summed E-state index contributed by atoms with van der Waals surface area (Å²) in [5, 5.41) is 4.74. The number of nitrogens with zero attached hydrogens (tertiary/aromatic N) is 2. The first-order valence-electron chi connectivity index (χ1n) is 4.39. The third-order valence-electron chi connectivity index (χ3n) is 1.99. The SMILES string of the molecule is NCc1cc(Br)cc(-n2cc(Cl)cn2)c1. The van der Waals surface area contributed by atoms with Crippen molar-refractivity contribution in [2.24, 2.45) is 5.73 Å². The van der Waals surface area contributed by atoms with Gasteiger partial charge in [0.05, 0.1) is 16.9 Å². The lowest BCUT2D eigenvalue weighted by atomic mass is 10.2. The monoisotopic (exact) mass is 285 g/mol. The normalized spacial score (nSPS) is 10.6. The molecule has 1 aromatic heterocycles. The molecule has 1 aromatic carbocycles. The summed E-state index contributed by atoms with van der Waals surface area (Å²) < 4.78 is 2.69. The minimum Gasteiger partial charge on any atom is -0.326 e. The zero-order valence-corrected chi connectivity index (χ0v) is 10.2. The van der Waals surface area contributed by atoms with E-state index in [0.29, 0.717) is 11.6 Å². The van der Waals surface area contributed by atoms with Crippen molar-refractivity contribution in [3.8, 4) is 5.69 Å². The van der Waals surface area contributed by atoms with Crippen molar-refractivity contribution < 1.29 is 0 Å². The van der Waals surface area contributed by atoms with Crippen LogP contribution in [0.4, 0.5) is 0 Å². The Morgan fingerprint density at radius 2 is 2.20 bits per heavy atom. The minimum atomic E-state index is 0.501. The van der Waals surface area contributed by atoms with Crippen LogP contribution < -0.4 is 5.73 Å². The van der Waals surface area contributed by atoms with E-state index in [1.54, 1.807) is 17.1 Å². The summed E-state index contributed by atoms with van der Waals surface area (Å²) in [7, 11) is 0. The maximum Gasteiger partial charge on any atom is 0.0790 e. The molecule has 0 radical (unpaired) electrons. The molecule has 0 amide bonds. The highest BCUT2D eigenvalue weighted by atomic mass is 79.9. The van der Waals surface area contributed by atoms with Crippen molar-refractivity contribution in [2.75, 3.05) is 0 Å². The van der Waals surface area contributed by atoms with Gasteiger partial charge >= 0.3 is 0 Å². The summed E-state index contributed by atoms with van der Waals surface area (Å²) in [5.41, 5.74) is 7.58. The summed E-state index contributed by atoms with van der Waals surface area (Å²) in [4.78, 5) is 0. The average Bonchev–Trinajstić information content (AvgIpc) is 2.64. The maximum atomic E-state index is 5.80. The second-order valence-electron chi connectivity index (χ2n) is 3.12. The van der Waals surface area contributed by atoms with Crippen LogP contribution in [0.15, 0.2) is 35.1 Å². The molecule has 0 unspecified atom stereocenters. The van der Waals surface area contributed by atoms with E-state index in [0.717, 1.165) is 15.7 Å². The molecule has 2 aromatic rings. The molecule has 0 saturated carbocycles. The molecule has 0 aliphatic carbocycles. The molecule has 0 spiro atoms. The minimum absolute atomic E-state index is 0.501. The summed E-state index contributed by atoms with van der Waals surface area (Å²) in [5.74, 6) is 0. The number of aromatic nitrogens is 2. The fourth-order valence-corrected chi connectivity index (χ4v) is 1.99. The number of benzene rings is 1. The predicted molar refractivity (Wildman–Crippen MR) is 64.2 cm³/mol. The summed E-state index contributed by atoms with van der Waals surface area (Å²) in [6.45, 7) is 0.501. The lowest BCUT2D eigenvalue weighted by molar-refractivity contribution is 0.875. The fraction of sp³-hybridized carbons (Fsp3) is 0.100. The highest BCUT2D eigenvalue weighted by molar-refractivity contribution is 9.10. The summed E-state index contributed by atoms with van der Waals surface area (Å²) in [6.07, 6.45) is 3.36. The second kappa shape index (κ2) is 4.35. The van der Waals surface area contributed by atoms with Crippen LogP contribution in [0.3, 0.4) is 0 Å². The Bertz CT molecular complexity index is 481. The highest BCUT2D eigenvalue weighted by Crippen LogP contribution is 2.19. The number of nitrogens with two attached hydrogens (primary N) is 1. The summed E-state index contributed by atoms with van der Waals surface area (Å²) in [6, 6.07) is 5.92. The smallest absolute Gasteiger partial charge is 0.0790 e. The van der Waals surface area contributed by atoms with Gasteiger partial charge in [-0.1, -0.05) is 27.5 Å². The molecule has 3 nitrogen and oxygen atoms in total. The Morgan fingerprint density at radius 1 is 1.40 bits per heavy atom. The molecule has 2 N–H and O–H groups in total. The third-order valence-corrected chi connectivity index (χ3v) is 2.65. The standard InChI is InChI=1S/C10H9BrClN3/c11-8-1-7(4-13)2-10(3-8)15-6-9(12)5-14-15/h1-3,5-6H,4,13H2. The van der Waals surface area contributed by atoms with Crippen molar-refractivity contribution in [3.63, 3.8) is 0 Å². The van der Waals surface area contributed by atoms with Gasteiger partial charge in [-0.25, -0.2) is 4.68 Å². The van der Waals surface area contributed by atoms with Crippen LogP contribution in [0.5, 0.6) is 0 Å². The van der Waals surface area contributed by atoms with Crippen molar-refractivity contribution in [3.05, 3.63) is 45.7 Å². The molecule has 0 bridgehead atoms. The molecule has 2 rings (SSSR count). The second-order valence-corrected chi connectivity index (χ2v) is 4.48. The van der Waals surface area contributed by atoms with Gasteiger partial charge in [-0.15, -0.1) is 0 Å². The molecule has 78 valence electrons. The van der Waals surface area contributed by atoms with Crippen LogP contribution in [0.2, 0.25) is 5.02 Å². The fourth-order valence-electron chi connectivity index (χ4n) is 1.33. The van der Waals surface area contributed by atoms with Gasteiger partial charge in [0.25, 0.3) is 0 Å². The Hall–Kier alpha value is -0.840. The van der Waals surface area contributed by atoms with Gasteiger partial charge < -0.3 is 5.73 Å². The van der Waals surface area contributed by atoms with Gasteiger partial charge in [-0.3, -0.25) is 0 Å². The molecular formula is C10H9BrClN3. The zero-order valence-electron chi connectivity index (χ0n) is 7.82. The van der Waals surface area contributed by atoms with E-state index < -0.39 is 0 Å². The van der Waals surface area contributed by atoms with Gasteiger partial charge in [0.1, 0.15) is 0 Å². The topological polar surface area (TPSA) is 43.8 Å². The van der Waals surface area contributed by atoms with Crippen molar-refractivity contribution >= 4 is 27.5 Å². The molecule has 0 fully saturated rings. The van der Waals surface area contributed by atoms with Crippen LogP contribution in [-0.2, 0) is 6.54 Å². The van der Waals surface area contributed by atoms with Crippen molar-refractivity contribution in [1.82, 2.24) is 9.78 Å². The van der Waals surface area contributed by atoms with E-state index >= 15 is 0 Å². The summed E-state index contributed by atoms with van der Waals surface area (Å²) >= 11 is 9.23. The Balaban J connectivity index is 2.48. The van der Waals surface area contributed by atoms with Gasteiger partial charge in [0.15, 0.2) is 0 Å². The zero-order chi connectivity index (χ0) is 10.8.